The number of carbonyl (C=O) groups excluding carboxylic acids is 1. The van der Waals surface area contributed by atoms with E-state index < -0.39 is 5.91 Å². The van der Waals surface area contributed by atoms with Crippen LogP contribution in [0, 0.1) is 6.92 Å². The van der Waals surface area contributed by atoms with Crippen molar-refractivity contribution >= 4 is 12.1 Å². The van der Waals surface area contributed by atoms with Crippen LogP contribution in [0.1, 0.15) is 21.5 Å². The van der Waals surface area contributed by atoms with Gasteiger partial charge in [0.1, 0.15) is 0 Å². The number of nitrogens with zero attached hydrogens (tertiary/aromatic N) is 1. The van der Waals surface area contributed by atoms with E-state index in [9.17, 15) is 9.90 Å². The lowest BCUT2D eigenvalue weighted by atomic mass is 10.2. The van der Waals surface area contributed by atoms with Gasteiger partial charge in [-0.05, 0) is 30.7 Å². The summed E-state index contributed by atoms with van der Waals surface area (Å²) < 4.78 is 0. The molecule has 2 rings (SSSR count). The van der Waals surface area contributed by atoms with E-state index >= 15 is 0 Å². The number of phenols is 2. The Hall–Kier alpha value is -2.82. The third-order valence-electron chi connectivity index (χ3n) is 2.66. The Morgan fingerprint density at radius 3 is 2.65 bits per heavy atom. The van der Waals surface area contributed by atoms with Crippen molar-refractivity contribution < 1.29 is 15.0 Å². The summed E-state index contributed by atoms with van der Waals surface area (Å²) in [5, 5.41) is 22.3. The van der Waals surface area contributed by atoms with Crippen molar-refractivity contribution in [1.29, 1.82) is 0 Å². The average Bonchev–Trinajstić information content (AvgIpc) is 2.42. The van der Waals surface area contributed by atoms with Crippen molar-refractivity contribution in [2.45, 2.75) is 6.92 Å². The van der Waals surface area contributed by atoms with Gasteiger partial charge in [-0.1, -0.05) is 29.8 Å². The maximum atomic E-state index is 11.7. The van der Waals surface area contributed by atoms with E-state index in [1.54, 1.807) is 0 Å². The molecule has 5 nitrogen and oxygen atoms in total. The van der Waals surface area contributed by atoms with Gasteiger partial charge in [-0.2, -0.15) is 5.10 Å². The minimum absolute atomic E-state index is 0.210. The van der Waals surface area contributed by atoms with Crippen molar-refractivity contribution in [2.75, 3.05) is 0 Å². The molecule has 0 radical (unpaired) electrons. The van der Waals surface area contributed by atoms with Crippen molar-refractivity contribution in [1.82, 2.24) is 5.43 Å². The number of carbonyl (C=O) groups is 1. The molecule has 0 aliphatic heterocycles. The second kappa shape index (κ2) is 5.88. The second-order valence-corrected chi connectivity index (χ2v) is 4.32. The minimum Gasteiger partial charge on any atom is -0.504 e. The Bertz CT molecular complexity index is 666. The SMILES string of the molecule is Cc1cccc(/C=N\NC(=O)c2ccc(O)c(O)c2)c1. The first-order valence-corrected chi connectivity index (χ1v) is 5.98. The molecule has 0 atom stereocenters. The van der Waals surface area contributed by atoms with Gasteiger partial charge in [0.15, 0.2) is 11.5 Å². The molecule has 5 heteroatoms. The van der Waals surface area contributed by atoms with Crippen LogP contribution < -0.4 is 5.43 Å². The zero-order valence-corrected chi connectivity index (χ0v) is 10.9. The van der Waals surface area contributed by atoms with Crippen LogP contribution in [0.25, 0.3) is 0 Å². The number of hydrogen-bond acceptors (Lipinski definition) is 4. The minimum atomic E-state index is -0.468. The van der Waals surface area contributed by atoms with Crippen LogP contribution in [-0.2, 0) is 0 Å². The quantitative estimate of drug-likeness (QED) is 0.454. The van der Waals surface area contributed by atoms with Crippen LogP contribution in [0.2, 0.25) is 0 Å². The van der Waals surface area contributed by atoms with Gasteiger partial charge >= 0.3 is 0 Å². The smallest absolute Gasteiger partial charge is 0.271 e. The molecule has 3 N–H and O–H groups in total. The maximum absolute atomic E-state index is 11.7. The molecular formula is C15H14N2O3. The zero-order valence-electron chi connectivity index (χ0n) is 10.9. The van der Waals surface area contributed by atoms with Gasteiger partial charge < -0.3 is 10.2 Å². The Labute approximate surface area is 116 Å². The van der Waals surface area contributed by atoms with Gasteiger partial charge in [0.25, 0.3) is 5.91 Å². The van der Waals surface area contributed by atoms with E-state index in [1.807, 2.05) is 31.2 Å². The van der Waals surface area contributed by atoms with Crippen LogP contribution in [0.5, 0.6) is 11.5 Å². The van der Waals surface area contributed by atoms with Crippen molar-refractivity contribution in [3.05, 3.63) is 59.2 Å². The summed E-state index contributed by atoms with van der Waals surface area (Å²) in [6.07, 6.45) is 1.53. The predicted octanol–water partition coefficient (Wildman–Crippen LogP) is 2.17. The lowest BCUT2D eigenvalue weighted by Crippen LogP contribution is -2.17. The van der Waals surface area contributed by atoms with E-state index in [0.717, 1.165) is 11.1 Å². The third-order valence-corrected chi connectivity index (χ3v) is 2.66. The van der Waals surface area contributed by atoms with E-state index in [2.05, 4.69) is 10.5 Å². The van der Waals surface area contributed by atoms with E-state index in [1.165, 1.54) is 24.4 Å². The molecule has 0 spiro atoms. The van der Waals surface area contributed by atoms with Crippen LogP contribution in [0.3, 0.4) is 0 Å². The second-order valence-electron chi connectivity index (χ2n) is 4.32. The summed E-state index contributed by atoms with van der Waals surface area (Å²) in [5.74, 6) is -1.09. The summed E-state index contributed by atoms with van der Waals surface area (Å²) in [6, 6.07) is 11.5. The molecule has 0 heterocycles. The largest absolute Gasteiger partial charge is 0.504 e. The number of aromatic hydroxyl groups is 2. The summed E-state index contributed by atoms with van der Waals surface area (Å²) in [5.41, 5.74) is 4.54. The predicted molar refractivity (Wildman–Crippen MR) is 76.0 cm³/mol. The zero-order chi connectivity index (χ0) is 14.5. The van der Waals surface area contributed by atoms with Crippen molar-refractivity contribution in [3.63, 3.8) is 0 Å². The Balaban J connectivity index is 2.03. The van der Waals surface area contributed by atoms with Crippen LogP contribution in [-0.4, -0.2) is 22.3 Å². The first-order valence-electron chi connectivity index (χ1n) is 5.98. The van der Waals surface area contributed by atoms with Gasteiger partial charge in [-0.15, -0.1) is 0 Å². The normalized spacial score (nSPS) is 10.7. The van der Waals surface area contributed by atoms with E-state index in [-0.39, 0.29) is 17.1 Å². The number of rotatable bonds is 3. The number of aryl methyl sites for hydroxylation is 1. The molecule has 0 fully saturated rings. The molecule has 1 amide bonds. The topological polar surface area (TPSA) is 81.9 Å². The highest BCUT2D eigenvalue weighted by atomic mass is 16.3. The number of nitrogens with one attached hydrogen (secondary N) is 1. The molecule has 0 bridgehead atoms. The van der Waals surface area contributed by atoms with Crippen molar-refractivity contribution in [2.24, 2.45) is 5.10 Å². The lowest BCUT2D eigenvalue weighted by Gasteiger charge is -2.02. The standard InChI is InChI=1S/C15H14N2O3/c1-10-3-2-4-11(7-10)9-16-17-15(20)12-5-6-13(18)14(19)8-12/h2-9,18-19H,1H3,(H,17,20)/b16-9-. The number of benzene rings is 2. The first-order chi connectivity index (χ1) is 9.56. The highest BCUT2D eigenvalue weighted by Gasteiger charge is 2.07. The Kier molecular flexibility index (Phi) is 4.00. The summed E-state index contributed by atoms with van der Waals surface area (Å²) >= 11 is 0. The molecule has 0 saturated heterocycles. The Morgan fingerprint density at radius 1 is 1.15 bits per heavy atom. The van der Waals surface area contributed by atoms with E-state index in [0.29, 0.717) is 0 Å². The van der Waals surface area contributed by atoms with Gasteiger partial charge in [0.05, 0.1) is 6.21 Å². The molecule has 0 aliphatic carbocycles. The van der Waals surface area contributed by atoms with Gasteiger partial charge in [0.2, 0.25) is 0 Å². The molecule has 2 aromatic rings. The van der Waals surface area contributed by atoms with Gasteiger partial charge in [0, 0.05) is 5.56 Å². The summed E-state index contributed by atoms with van der Waals surface area (Å²) in [7, 11) is 0. The van der Waals surface area contributed by atoms with Gasteiger partial charge in [-0.25, -0.2) is 5.43 Å². The number of amides is 1. The lowest BCUT2D eigenvalue weighted by molar-refractivity contribution is 0.0954. The molecule has 2 aromatic carbocycles. The number of hydrazone groups is 1. The molecular weight excluding hydrogens is 256 g/mol. The highest BCUT2D eigenvalue weighted by Crippen LogP contribution is 2.24. The maximum Gasteiger partial charge on any atom is 0.271 e. The molecule has 102 valence electrons. The van der Waals surface area contributed by atoms with Crippen LogP contribution >= 0.6 is 0 Å². The highest BCUT2D eigenvalue weighted by molar-refractivity contribution is 5.95. The molecule has 0 saturated carbocycles. The van der Waals surface area contributed by atoms with Crippen LogP contribution in [0.15, 0.2) is 47.6 Å². The number of phenolic OH excluding ortho intramolecular Hbond substituents is 2. The number of hydrogen-bond donors (Lipinski definition) is 3. The Morgan fingerprint density at radius 2 is 1.95 bits per heavy atom. The third kappa shape index (κ3) is 3.35. The molecule has 0 unspecified atom stereocenters. The fourth-order valence-electron chi connectivity index (χ4n) is 1.65. The molecule has 0 aromatic heterocycles. The fourth-order valence-corrected chi connectivity index (χ4v) is 1.65. The van der Waals surface area contributed by atoms with Crippen LogP contribution in [0.4, 0.5) is 0 Å². The molecule has 0 aliphatic rings. The first kappa shape index (κ1) is 13.6. The monoisotopic (exact) mass is 270 g/mol. The summed E-state index contributed by atoms with van der Waals surface area (Å²) in [6.45, 7) is 1.97. The molecule has 20 heavy (non-hydrogen) atoms. The average molecular weight is 270 g/mol. The van der Waals surface area contributed by atoms with E-state index in [4.69, 9.17) is 5.11 Å². The van der Waals surface area contributed by atoms with Gasteiger partial charge in [-0.3, -0.25) is 4.79 Å². The van der Waals surface area contributed by atoms with Crippen molar-refractivity contribution in [3.8, 4) is 11.5 Å². The summed E-state index contributed by atoms with van der Waals surface area (Å²) in [4.78, 5) is 11.7. The fraction of sp³-hybridized carbons (Fsp3) is 0.0667.